The number of benzene rings is 1. The normalized spacial score (nSPS) is 18.9. The molecule has 0 spiro atoms. The number of likely N-dealkylation sites (tertiary alicyclic amines) is 1. The maximum Gasteiger partial charge on any atom is 0.234 e. The molecule has 0 radical (unpaired) electrons. The van der Waals surface area contributed by atoms with Crippen molar-refractivity contribution in [2.75, 3.05) is 19.7 Å². The van der Waals surface area contributed by atoms with Crippen molar-refractivity contribution in [2.45, 2.75) is 45.2 Å². The Labute approximate surface area is 127 Å². The van der Waals surface area contributed by atoms with Crippen LogP contribution >= 0.6 is 0 Å². The second-order valence-electron chi connectivity index (χ2n) is 5.84. The first kappa shape index (κ1) is 16.0. The zero-order valence-electron chi connectivity index (χ0n) is 12.8. The van der Waals surface area contributed by atoms with Gasteiger partial charge >= 0.3 is 0 Å². The van der Waals surface area contributed by atoms with E-state index in [0.29, 0.717) is 19.1 Å². The highest BCUT2D eigenvalue weighted by Gasteiger charge is 2.25. The van der Waals surface area contributed by atoms with Crippen molar-refractivity contribution in [1.82, 2.24) is 10.2 Å². The van der Waals surface area contributed by atoms with Crippen LogP contribution in [0.25, 0.3) is 0 Å². The Morgan fingerprint density at radius 3 is 3.00 bits per heavy atom. The minimum Gasteiger partial charge on any atom is -0.396 e. The molecule has 21 heavy (non-hydrogen) atoms. The molecule has 2 N–H and O–H groups in total. The molecule has 4 nitrogen and oxygen atoms in total. The lowest BCUT2D eigenvalue weighted by Gasteiger charge is -2.23. The SMILES string of the molecule is Cc1ccccc1CNC(=O)CN1CCCC1CCCO. The van der Waals surface area contributed by atoms with Crippen LogP contribution in [-0.4, -0.2) is 41.7 Å². The summed E-state index contributed by atoms with van der Waals surface area (Å²) in [5.74, 6) is 0.0918. The molecule has 0 aliphatic carbocycles. The minimum atomic E-state index is 0.0918. The van der Waals surface area contributed by atoms with E-state index < -0.39 is 0 Å². The van der Waals surface area contributed by atoms with Crippen molar-refractivity contribution >= 4 is 5.91 Å². The van der Waals surface area contributed by atoms with E-state index in [4.69, 9.17) is 5.11 Å². The number of rotatable bonds is 7. The first-order valence-corrected chi connectivity index (χ1v) is 7.87. The van der Waals surface area contributed by atoms with E-state index in [1.807, 2.05) is 12.1 Å². The van der Waals surface area contributed by atoms with Gasteiger partial charge in [0.1, 0.15) is 0 Å². The summed E-state index contributed by atoms with van der Waals surface area (Å²) in [4.78, 5) is 14.4. The summed E-state index contributed by atoms with van der Waals surface area (Å²) in [5.41, 5.74) is 2.38. The van der Waals surface area contributed by atoms with Gasteiger partial charge in [0.15, 0.2) is 0 Å². The molecule has 0 saturated carbocycles. The molecule has 0 aromatic heterocycles. The van der Waals surface area contributed by atoms with Gasteiger partial charge in [-0.1, -0.05) is 24.3 Å². The third-order valence-electron chi connectivity index (χ3n) is 4.28. The molecule has 116 valence electrons. The van der Waals surface area contributed by atoms with Crippen molar-refractivity contribution < 1.29 is 9.90 Å². The number of amides is 1. The van der Waals surface area contributed by atoms with Crippen LogP contribution < -0.4 is 5.32 Å². The van der Waals surface area contributed by atoms with E-state index >= 15 is 0 Å². The molecule has 1 aliphatic heterocycles. The van der Waals surface area contributed by atoms with Gasteiger partial charge in [0, 0.05) is 19.2 Å². The highest BCUT2D eigenvalue weighted by atomic mass is 16.3. The second-order valence-corrected chi connectivity index (χ2v) is 5.84. The minimum absolute atomic E-state index is 0.0918. The molecule has 1 fully saturated rings. The molecule has 1 aromatic carbocycles. The smallest absolute Gasteiger partial charge is 0.234 e. The molecule has 1 unspecified atom stereocenters. The van der Waals surface area contributed by atoms with Crippen molar-refractivity contribution in [3.63, 3.8) is 0 Å². The van der Waals surface area contributed by atoms with E-state index in [0.717, 1.165) is 32.2 Å². The number of nitrogens with one attached hydrogen (secondary N) is 1. The molecule has 1 heterocycles. The quantitative estimate of drug-likeness (QED) is 0.806. The van der Waals surface area contributed by atoms with Crippen LogP contribution in [0.4, 0.5) is 0 Å². The molecule has 4 heteroatoms. The number of carbonyl (C=O) groups is 1. The Morgan fingerprint density at radius 1 is 1.43 bits per heavy atom. The molecular formula is C17H26N2O2. The van der Waals surface area contributed by atoms with Crippen LogP contribution in [0.3, 0.4) is 0 Å². The third-order valence-corrected chi connectivity index (χ3v) is 4.28. The summed E-state index contributed by atoms with van der Waals surface area (Å²) < 4.78 is 0. The molecule has 0 bridgehead atoms. The van der Waals surface area contributed by atoms with Crippen LogP contribution in [0.15, 0.2) is 24.3 Å². The molecule has 2 rings (SSSR count). The number of hydrogen-bond acceptors (Lipinski definition) is 3. The predicted molar refractivity (Wildman–Crippen MR) is 83.9 cm³/mol. The van der Waals surface area contributed by atoms with Gasteiger partial charge < -0.3 is 10.4 Å². The fourth-order valence-electron chi connectivity index (χ4n) is 3.00. The van der Waals surface area contributed by atoms with Gasteiger partial charge in [0.2, 0.25) is 5.91 Å². The second kappa shape index (κ2) is 8.15. The van der Waals surface area contributed by atoms with Crippen LogP contribution in [0.5, 0.6) is 0 Å². The maximum absolute atomic E-state index is 12.1. The van der Waals surface area contributed by atoms with Gasteiger partial charge in [-0.2, -0.15) is 0 Å². The zero-order chi connectivity index (χ0) is 15.1. The number of aliphatic hydroxyl groups excluding tert-OH is 1. The predicted octanol–water partition coefficient (Wildman–Crippen LogP) is 1.85. The van der Waals surface area contributed by atoms with Crippen molar-refractivity contribution in [3.8, 4) is 0 Å². The van der Waals surface area contributed by atoms with Gasteiger partial charge in [-0.15, -0.1) is 0 Å². The van der Waals surface area contributed by atoms with Gasteiger partial charge in [0.05, 0.1) is 6.54 Å². The Hall–Kier alpha value is -1.39. The number of nitrogens with zero attached hydrogens (tertiary/aromatic N) is 1. The monoisotopic (exact) mass is 290 g/mol. The fourth-order valence-corrected chi connectivity index (χ4v) is 3.00. The number of carbonyl (C=O) groups excluding carboxylic acids is 1. The van der Waals surface area contributed by atoms with E-state index in [9.17, 15) is 4.79 Å². The topological polar surface area (TPSA) is 52.6 Å². The van der Waals surface area contributed by atoms with Gasteiger partial charge in [-0.05, 0) is 50.3 Å². The van der Waals surface area contributed by atoms with Crippen LogP contribution in [0.2, 0.25) is 0 Å². The summed E-state index contributed by atoms with van der Waals surface area (Å²) in [6.07, 6.45) is 4.11. The van der Waals surface area contributed by atoms with Crippen LogP contribution in [0, 0.1) is 6.92 Å². The Balaban J connectivity index is 1.77. The molecule has 1 atom stereocenters. The van der Waals surface area contributed by atoms with Crippen LogP contribution in [-0.2, 0) is 11.3 Å². The number of hydrogen-bond donors (Lipinski definition) is 2. The Morgan fingerprint density at radius 2 is 2.24 bits per heavy atom. The van der Waals surface area contributed by atoms with Crippen molar-refractivity contribution in [1.29, 1.82) is 0 Å². The van der Waals surface area contributed by atoms with E-state index in [-0.39, 0.29) is 12.5 Å². The van der Waals surface area contributed by atoms with Gasteiger partial charge in [-0.3, -0.25) is 9.69 Å². The largest absolute Gasteiger partial charge is 0.396 e. The first-order chi connectivity index (χ1) is 10.2. The molecule has 1 aromatic rings. The van der Waals surface area contributed by atoms with Crippen LogP contribution in [0.1, 0.15) is 36.8 Å². The summed E-state index contributed by atoms with van der Waals surface area (Å²) >= 11 is 0. The van der Waals surface area contributed by atoms with E-state index in [1.165, 1.54) is 11.1 Å². The Bertz CT molecular complexity index is 462. The van der Waals surface area contributed by atoms with Crippen molar-refractivity contribution in [3.05, 3.63) is 35.4 Å². The van der Waals surface area contributed by atoms with Gasteiger partial charge in [-0.25, -0.2) is 0 Å². The fraction of sp³-hybridized carbons (Fsp3) is 0.588. The average Bonchev–Trinajstić information content (AvgIpc) is 2.91. The third kappa shape index (κ3) is 4.83. The Kier molecular flexibility index (Phi) is 6.21. The molecular weight excluding hydrogens is 264 g/mol. The van der Waals surface area contributed by atoms with E-state index in [2.05, 4.69) is 29.3 Å². The molecule has 1 amide bonds. The summed E-state index contributed by atoms with van der Waals surface area (Å²) in [5, 5.41) is 11.9. The lowest BCUT2D eigenvalue weighted by Crippen LogP contribution is -2.39. The first-order valence-electron chi connectivity index (χ1n) is 7.87. The zero-order valence-corrected chi connectivity index (χ0v) is 12.8. The highest BCUT2D eigenvalue weighted by Crippen LogP contribution is 2.20. The highest BCUT2D eigenvalue weighted by molar-refractivity contribution is 5.78. The lowest BCUT2D eigenvalue weighted by atomic mass is 10.1. The van der Waals surface area contributed by atoms with Gasteiger partial charge in [0.25, 0.3) is 0 Å². The lowest BCUT2D eigenvalue weighted by molar-refractivity contribution is -0.122. The summed E-state index contributed by atoms with van der Waals surface area (Å²) in [6.45, 7) is 4.37. The molecule has 1 saturated heterocycles. The number of aliphatic hydroxyl groups is 1. The number of aryl methyl sites for hydroxylation is 1. The maximum atomic E-state index is 12.1. The van der Waals surface area contributed by atoms with Crippen molar-refractivity contribution in [2.24, 2.45) is 0 Å². The summed E-state index contributed by atoms with van der Waals surface area (Å²) in [6, 6.07) is 8.58. The molecule has 1 aliphatic rings. The average molecular weight is 290 g/mol. The standard InChI is InChI=1S/C17H26N2O2/c1-14-6-2-3-7-15(14)12-18-17(21)13-19-10-4-8-16(19)9-5-11-20/h2-3,6-7,16,20H,4-5,8-13H2,1H3,(H,18,21). The summed E-state index contributed by atoms with van der Waals surface area (Å²) in [7, 11) is 0. The van der Waals surface area contributed by atoms with E-state index in [1.54, 1.807) is 0 Å².